The SMILES string of the molecule is Cc1nc(Nc2ccc(-c3ccc(C(F)(F)F)cc3)cc2)nc(N2CCN(CCO)CC2)n1. The lowest BCUT2D eigenvalue weighted by molar-refractivity contribution is -0.137. The van der Waals surface area contributed by atoms with Gasteiger partial charge in [-0.2, -0.15) is 28.1 Å². The van der Waals surface area contributed by atoms with Gasteiger partial charge in [0.1, 0.15) is 5.82 Å². The lowest BCUT2D eigenvalue weighted by Crippen LogP contribution is -2.47. The zero-order valence-electron chi connectivity index (χ0n) is 18.2. The number of anilines is 3. The van der Waals surface area contributed by atoms with Crippen molar-refractivity contribution in [3.8, 4) is 11.1 Å². The number of hydrogen-bond donors (Lipinski definition) is 2. The van der Waals surface area contributed by atoms with Crippen LogP contribution in [0.4, 0.5) is 30.8 Å². The molecule has 0 unspecified atom stereocenters. The summed E-state index contributed by atoms with van der Waals surface area (Å²) < 4.78 is 38.3. The van der Waals surface area contributed by atoms with Crippen molar-refractivity contribution in [2.24, 2.45) is 0 Å². The van der Waals surface area contributed by atoms with Crippen LogP contribution in [0.25, 0.3) is 11.1 Å². The van der Waals surface area contributed by atoms with Gasteiger partial charge in [-0.3, -0.25) is 4.90 Å². The Hall–Kier alpha value is -3.24. The molecule has 4 rings (SSSR count). The molecule has 1 aliphatic rings. The van der Waals surface area contributed by atoms with E-state index in [0.717, 1.165) is 49.6 Å². The minimum Gasteiger partial charge on any atom is -0.395 e. The Labute approximate surface area is 189 Å². The lowest BCUT2D eigenvalue weighted by atomic mass is 10.0. The number of rotatable bonds is 6. The largest absolute Gasteiger partial charge is 0.416 e. The number of nitrogens with zero attached hydrogens (tertiary/aromatic N) is 5. The third-order valence-electron chi connectivity index (χ3n) is 5.49. The Kier molecular flexibility index (Phi) is 6.75. The Balaban J connectivity index is 1.44. The maximum atomic E-state index is 12.8. The number of aryl methyl sites for hydroxylation is 1. The van der Waals surface area contributed by atoms with Gasteiger partial charge in [0.05, 0.1) is 12.2 Å². The highest BCUT2D eigenvalue weighted by atomic mass is 19.4. The van der Waals surface area contributed by atoms with E-state index in [4.69, 9.17) is 5.11 Å². The molecule has 33 heavy (non-hydrogen) atoms. The van der Waals surface area contributed by atoms with Crippen molar-refractivity contribution in [1.29, 1.82) is 0 Å². The molecule has 0 bridgehead atoms. The number of nitrogens with one attached hydrogen (secondary N) is 1. The van der Waals surface area contributed by atoms with Gasteiger partial charge in [0.25, 0.3) is 0 Å². The van der Waals surface area contributed by atoms with E-state index in [1.807, 2.05) is 31.2 Å². The quantitative estimate of drug-likeness (QED) is 0.583. The molecule has 2 heterocycles. The maximum absolute atomic E-state index is 12.8. The van der Waals surface area contributed by atoms with Crippen LogP contribution in [0.15, 0.2) is 48.5 Å². The number of aliphatic hydroxyl groups excluding tert-OH is 1. The predicted octanol–water partition coefficient (Wildman–Crippen LogP) is 3.72. The first-order valence-electron chi connectivity index (χ1n) is 10.7. The number of halogens is 3. The monoisotopic (exact) mass is 458 g/mol. The summed E-state index contributed by atoms with van der Waals surface area (Å²) in [5.74, 6) is 1.63. The van der Waals surface area contributed by atoms with Crippen LogP contribution in [0.1, 0.15) is 11.4 Å². The molecule has 7 nitrogen and oxygen atoms in total. The number of β-amino-alcohol motifs (C(OH)–C–C–N with tert-alkyl or cyclic N) is 1. The van der Waals surface area contributed by atoms with E-state index in [9.17, 15) is 13.2 Å². The minimum absolute atomic E-state index is 0.149. The second-order valence-electron chi connectivity index (χ2n) is 7.84. The van der Waals surface area contributed by atoms with E-state index in [1.54, 1.807) is 0 Å². The van der Waals surface area contributed by atoms with Gasteiger partial charge in [-0.15, -0.1) is 0 Å². The van der Waals surface area contributed by atoms with Crippen molar-refractivity contribution in [3.63, 3.8) is 0 Å². The topological polar surface area (TPSA) is 77.4 Å². The minimum atomic E-state index is -4.35. The van der Waals surface area contributed by atoms with Crippen LogP contribution in [0.2, 0.25) is 0 Å². The van der Waals surface area contributed by atoms with E-state index in [1.165, 1.54) is 12.1 Å². The fourth-order valence-electron chi connectivity index (χ4n) is 3.70. The fraction of sp³-hybridized carbons (Fsp3) is 0.348. The van der Waals surface area contributed by atoms with Gasteiger partial charge in [0, 0.05) is 38.4 Å². The van der Waals surface area contributed by atoms with Crippen molar-refractivity contribution in [2.75, 3.05) is 49.5 Å². The number of piperazine rings is 1. The van der Waals surface area contributed by atoms with Crippen LogP contribution in [0.5, 0.6) is 0 Å². The first-order chi connectivity index (χ1) is 15.8. The maximum Gasteiger partial charge on any atom is 0.416 e. The molecule has 1 saturated heterocycles. The standard InChI is InChI=1S/C23H25F3N6O/c1-16-27-21(30-22(28-16)32-12-10-31(11-13-32)14-15-33)29-20-8-4-18(5-9-20)17-2-6-19(7-3-17)23(24,25)26/h2-9,33H,10-15H2,1H3,(H,27,28,29,30). The van der Waals surface area contributed by atoms with Crippen molar-refractivity contribution in [1.82, 2.24) is 19.9 Å². The highest BCUT2D eigenvalue weighted by Gasteiger charge is 2.30. The second-order valence-corrected chi connectivity index (χ2v) is 7.84. The molecule has 3 aromatic rings. The Morgan fingerprint density at radius 2 is 1.48 bits per heavy atom. The van der Waals surface area contributed by atoms with Crippen LogP contribution in [0, 0.1) is 6.92 Å². The molecule has 2 aromatic carbocycles. The Bertz CT molecular complexity index is 1070. The van der Waals surface area contributed by atoms with Crippen molar-refractivity contribution < 1.29 is 18.3 Å². The first kappa shape index (κ1) is 22.9. The average Bonchev–Trinajstić information content (AvgIpc) is 2.79. The Morgan fingerprint density at radius 3 is 2.06 bits per heavy atom. The smallest absolute Gasteiger partial charge is 0.395 e. The summed E-state index contributed by atoms with van der Waals surface area (Å²) in [7, 11) is 0. The molecule has 174 valence electrons. The molecule has 0 saturated carbocycles. The molecule has 0 aliphatic carbocycles. The summed E-state index contributed by atoms with van der Waals surface area (Å²) in [4.78, 5) is 17.7. The van der Waals surface area contributed by atoms with Crippen LogP contribution in [-0.4, -0.2) is 64.3 Å². The number of aromatic nitrogens is 3. The Morgan fingerprint density at radius 1 is 0.879 bits per heavy atom. The summed E-state index contributed by atoms with van der Waals surface area (Å²) in [6.45, 7) is 5.83. The van der Waals surface area contributed by atoms with Gasteiger partial charge >= 0.3 is 6.18 Å². The number of hydrogen-bond acceptors (Lipinski definition) is 7. The molecule has 0 atom stereocenters. The summed E-state index contributed by atoms with van der Waals surface area (Å²) in [6.07, 6.45) is -4.35. The number of benzene rings is 2. The van der Waals surface area contributed by atoms with Gasteiger partial charge in [-0.1, -0.05) is 24.3 Å². The summed E-state index contributed by atoms with van der Waals surface area (Å²) in [5, 5.41) is 12.3. The molecular formula is C23H25F3N6O. The third kappa shape index (κ3) is 5.77. The van der Waals surface area contributed by atoms with Crippen LogP contribution < -0.4 is 10.2 Å². The van der Waals surface area contributed by atoms with Gasteiger partial charge in [-0.25, -0.2) is 0 Å². The first-order valence-corrected chi connectivity index (χ1v) is 10.7. The summed E-state index contributed by atoms with van der Waals surface area (Å²) in [5.41, 5.74) is 1.60. The van der Waals surface area contributed by atoms with Gasteiger partial charge < -0.3 is 15.3 Å². The second kappa shape index (κ2) is 9.72. The summed E-state index contributed by atoms with van der Waals surface area (Å²) in [6, 6.07) is 12.4. The van der Waals surface area contributed by atoms with Gasteiger partial charge in [-0.05, 0) is 42.3 Å². The third-order valence-corrected chi connectivity index (χ3v) is 5.49. The van der Waals surface area contributed by atoms with Crippen molar-refractivity contribution in [3.05, 3.63) is 59.9 Å². The molecule has 2 N–H and O–H groups in total. The zero-order chi connectivity index (χ0) is 23.4. The molecule has 0 spiro atoms. The van der Waals surface area contributed by atoms with E-state index < -0.39 is 11.7 Å². The van der Waals surface area contributed by atoms with Gasteiger partial charge in [0.15, 0.2) is 0 Å². The average molecular weight is 458 g/mol. The van der Waals surface area contributed by atoms with Gasteiger partial charge in [0.2, 0.25) is 11.9 Å². The molecule has 1 fully saturated rings. The number of aliphatic hydroxyl groups is 1. The van der Waals surface area contributed by atoms with E-state index >= 15 is 0 Å². The normalized spacial score (nSPS) is 15.0. The summed E-state index contributed by atoms with van der Waals surface area (Å²) >= 11 is 0. The van der Waals surface area contributed by atoms with Crippen LogP contribution in [0.3, 0.4) is 0 Å². The lowest BCUT2D eigenvalue weighted by Gasteiger charge is -2.34. The van der Waals surface area contributed by atoms with E-state index in [2.05, 4.69) is 30.1 Å². The van der Waals surface area contributed by atoms with Crippen LogP contribution >= 0.6 is 0 Å². The predicted molar refractivity (Wildman–Crippen MR) is 120 cm³/mol. The molecular weight excluding hydrogens is 433 g/mol. The number of alkyl halides is 3. The molecule has 1 aliphatic heterocycles. The van der Waals surface area contributed by atoms with Crippen molar-refractivity contribution in [2.45, 2.75) is 13.1 Å². The van der Waals surface area contributed by atoms with E-state index in [0.29, 0.717) is 29.8 Å². The molecule has 1 aromatic heterocycles. The molecule has 0 amide bonds. The highest BCUT2D eigenvalue weighted by Crippen LogP contribution is 2.31. The molecule has 0 radical (unpaired) electrons. The van der Waals surface area contributed by atoms with E-state index in [-0.39, 0.29) is 6.61 Å². The van der Waals surface area contributed by atoms with Crippen molar-refractivity contribution >= 4 is 17.6 Å². The fourth-order valence-corrected chi connectivity index (χ4v) is 3.70. The van der Waals surface area contributed by atoms with Crippen LogP contribution in [-0.2, 0) is 6.18 Å². The highest BCUT2D eigenvalue weighted by molar-refractivity contribution is 5.67. The molecule has 10 heteroatoms. The zero-order valence-corrected chi connectivity index (χ0v) is 18.2.